The Morgan fingerprint density at radius 3 is 2.82 bits per heavy atom. The molecule has 0 unspecified atom stereocenters. The van der Waals surface area contributed by atoms with E-state index in [1.54, 1.807) is 0 Å². The molecule has 2 aliphatic rings. The molecule has 0 spiro atoms. The van der Waals surface area contributed by atoms with Crippen LogP contribution in [0.1, 0.15) is 37.7 Å². The molecule has 1 amide bonds. The predicted molar refractivity (Wildman–Crippen MR) is 89.6 cm³/mol. The van der Waals surface area contributed by atoms with Crippen molar-refractivity contribution in [1.29, 1.82) is 0 Å². The van der Waals surface area contributed by atoms with E-state index in [1.807, 2.05) is 6.07 Å². The lowest BCUT2D eigenvalue weighted by atomic mass is 9.64. The minimum Gasteiger partial charge on any atom is -0.364 e. The number of nitrogens with two attached hydrogens (primary N) is 1. The van der Waals surface area contributed by atoms with E-state index in [1.165, 1.54) is 12.0 Å². The maximum absolute atomic E-state index is 12.3. The van der Waals surface area contributed by atoms with Gasteiger partial charge in [-0.05, 0) is 43.4 Å². The van der Waals surface area contributed by atoms with Gasteiger partial charge in [-0.3, -0.25) is 4.79 Å². The summed E-state index contributed by atoms with van der Waals surface area (Å²) in [6.45, 7) is 1.18. The van der Waals surface area contributed by atoms with Crippen LogP contribution in [0, 0.1) is 0 Å². The number of carbonyl (C=O) groups is 1. The van der Waals surface area contributed by atoms with Crippen molar-refractivity contribution in [2.45, 2.75) is 49.7 Å². The number of hydrogen-bond acceptors (Lipinski definition) is 3. The van der Waals surface area contributed by atoms with Crippen molar-refractivity contribution in [3.05, 3.63) is 34.3 Å². The van der Waals surface area contributed by atoms with Crippen LogP contribution in [0.5, 0.6) is 0 Å². The van der Waals surface area contributed by atoms with Gasteiger partial charge < -0.3 is 15.8 Å². The first-order valence-electron chi connectivity index (χ1n) is 8.02. The van der Waals surface area contributed by atoms with E-state index in [9.17, 15) is 4.79 Å². The van der Waals surface area contributed by atoms with Gasteiger partial charge in [-0.15, -0.1) is 0 Å². The maximum atomic E-state index is 12.3. The monoisotopic (exact) mass is 366 g/mol. The molecule has 0 aromatic heterocycles. The predicted octanol–water partition coefficient (Wildman–Crippen LogP) is 2.49. The number of benzene rings is 1. The Kier molecular flexibility index (Phi) is 4.85. The molecule has 22 heavy (non-hydrogen) atoms. The van der Waals surface area contributed by atoms with Crippen molar-refractivity contribution in [1.82, 2.24) is 5.32 Å². The fourth-order valence-corrected chi connectivity index (χ4v) is 3.83. The Bertz CT molecular complexity index is 545. The zero-order chi connectivity index (χ0) is 15.6. The van der Waals surface area contributed by atoms with E-state index in [0.717, 1.165) is 30.2 Å². The van der Waals surface area contributed by atoms with Crippen LogP contribution >= 0.6 is 15.9 Å². The first kappa shape index (κ1) is 16.0. The van der Waals surface area contributed by atoms with E-state index in [4.69, 9.17) is 10.5 Å². The molecular weight excluding hydrogens is 344 g/mol. The quantitative estimate of drug-likeness (QED) is 0.841. The van der Waals surface area contributed by atoms with Crippen LogP contribution < -0.4 is 11.1 Å². The van der Waals surface area contributed by atoms with Crippen molar-refractivity contribution >= 4 is 21.8 Å². The molecule has 4 nitrogen and oxygen atoms in total. The average molecular weight is 367 g/mol. The molecule has 1 aliphatic heterocycles. The van der Waals surface area contributed by atoms with Gasteiger partial charge in [-0.25, -0.2) is 0 Å². The van der Waals surface area contributed by atoms with E-state index in [-0.39, 0.29) is 23.5 Å². The lowest BCUT2D eigenvalue weighted by Crippen LogP contribution is -2.48. The molecule has 0 radical (unpaired) electrons. The second kappa shape index (κ2) is 6.69. The number of amides is 1. The van der Waals surface area contributed by atoms with Crippen molar-refractivity contribution in [3.8, 4) is 0 Å². The summed E-state index contributed by atoms with van der Waals surface area (Å²) in [4.78, 5) is 12.3. The molecule has 3 N–H and O–H groups in total. The molecule has 1 aromatic carbocycles. The first-order chi connectivity index (χ1) is 10.6. The Labute approximate surface area is 139 Å². The van der Waals surface area contributed by atoms with Gasteiger partial charge in [0, 0.05) is 23.0 Å². The van der Waals surface area contributed by atoms with Gasteiger partial charge >= 0.3 is 0 Å². The molecule has 1 aromatic rings. The highest BCUT2D eigenvalue weighted by atomic mass is 79.9. The Morgan fingerprint density at radius 2 is 2.23 bits per heavy atom. The van der Waals surface area contributed by atoms with Crippen molar-refractivity contribution < 1.29 is 9.53 Å². The second-order valence-electron chi connectivity index (χ2n) is 6.42. The molecule has 2 fully saturated rings. The zero-order valence-corrected chi connectivity index (χ0v) is 14.3. The molecule has 5 heteroatoms. The molecule has 3 rings (SSSR count). The summed E-state index contributed by atoms with van der Waals surface area (Å²) in [5.41, 5.74) is 6.99. The second-order valence-corrected chi connectivity index (χ2v) is 7.34. The minimum absolute atomic E-state index is 0.0113. The molecule has 2 atom stereocenters. The summed E-state index contributed by atoms with van der Waals surface area (Å²) in [7, 11) is 0. The Morgan fingerprint density at radius 1 is 1.41 bits per heavy atom. The normalized spacial score (nSPS) is 26.5. The third-order valence-electron chi connectivity index (χ3n) is 5.01. The fourth-order valence-electron chi connectivity index (χ4n) is 3.43. The topological polar surface area (TPSA) is 64.4 Å². The van der Waals surface area contributed by atoms with Gasteiger partial charge in [-0.2, -0.15) is 0 Å². The van der Waals surface area contributed by atoms with Crippen LogP contribution in [-0.4, -0.2) is 31.2 Å². The van der Waals surface area contributed by atoms with E-state index in [0.29, 0.717) is 13.1 Å². The van der Waals surface area contributed by atoms with Gasteiger partial charge in [0.15, 0.2) is 0 Å². The Hall–Kier alpha value is -0.910. The van der Waals surface area contributed by atoms with Crippen LogP contribution in [0.4, 0.5) is 0 Å². The number of rotatable bonds is 5. The van der Waals surface area contributed by atoms with Crippen molar-refractivity contribution in [3.63, 3.8) is 0 Å². The molecule has 1 saturated heterocycles. The van der Waals surface area contributed by atoms with Gasteiger partial charge in [0.05, 0.1) is 6.10 Å². The van der Waals surface area contributed by atoms with Crippen LogP contribution in [0.25, 0.3) is 0 Å². The molecular formula is C17H23BrN2O2. The molecule has 0 bridgehead atoms. The van der Waals surface area contributed by atoms with Crippen LogP contribution in [0.2, 0.25) is 0 Å². The lowest BCUT2D eigenvalue weighted by Gasteiger charge is -2.43. The van der Waals surface area contributed by atoms with Crippen LogP contribution in [-0.2, 0) is 14.9 Å². The summed E-state index contributed by atoms with van der Waals surface area (Å²) in [5.74, 6) is 0.0113. The highest BCUT2D eigenvalue weighted by Crippen LogP contribution is 2.43. The van der Waals surface area contributed by atoms with E-state index < -0.39 is 0 Å². The minimum atomic E-state index is -0.326. The van der Waals surface area contributed by atoms with Crippen LogP contribution in [0.3, 0.4) is 0 Å². The molecule has 1 aliphatic carbocycles. The summed E-state index contributed by atoms with van der Waals surface area (Å²) in [5, 5.41) is 3.11. The number of halogens is 1. The molecule has 120 valence electrons. The largest absolute Gasteiger partial charge is 0.364 e. The summed E-state index contributed by atoms with van der Waals surface area (Å²) in [6.07, 6.45) is 4.84. The summed E-state index contributed by atoms with van der Waals surface area (Å²) in [6, 6.07) is 8.43. The summed E-state index contributed by atoms with van der Waals surface area (Å²) < 4.78 is 6.76. The van der Waals surface area contributed by atoms with E-state index >= 15 is 0 Å². The zero-order valence-electron chi connectivity index (χ0n) is 12.7. The molecule has 1 heterocycles. The Balaban J connectivity index is 1.61. The fraction of sp³-hybridized carbons (Fsp3) is 0.588. The van der Waals surface area contributed by atoms with E-state index in [2.05, 4.69) is 39.4 Å². The average Bonchev–Trinajstić information content (AvgIpc) is 2.95. The van der Waals surface area contributed by atoms with Gasteiger partial charge in [0.2, 0.25) is 5.91 Å². The van der Waals surface area contributed by atoms with Crippen molar-refractivity contribution in [2.75, 3.05) is 13.1 Å². The number of nitrogens with one attached hydrogen (secondary N) is 1. The van der Waals surface area contributed by atoms with Gasteiger partial charge in [0.1, 0.15) is 6.10 Å². The third kappa shape index (κ3) is 3.21. The van der Waals surface area contributed by atoms with Crippen LogP contribution in [0.15, 0.2) is 28.7 Å². The highest BCUT2D eigenvalue weighted by Gasteiger charge is 2.40. The number of ether oxygens (including phenoxy) is 1. The molecule has 1 saturated carbocycles. The summed E-state index contributed by atoms with van der Waals surface area (Å²) >= 11 is 3.54. The third-order valence-corrected chi connectivity index (χ3v) is 5.50. The van der Waals surface area contributed by atoms with Gasteiger partial charge in [0.25, 0.3) is 0 Å². The number of hydrogen-bond donors (Lipinski definition) is 2. The highest BCUT2D eigenvalue weighted by molar-refractivity contribution is 9.10. The first-order valence-corrected chi connectivity index (χ1v) is 8.81. The lowest BCUT2D eigenvalue weighted by molar-refractivity contribution is -0.132. The van der Waals surface area contributed by atoms with Crippen molar-refractivity contribution in [2.24, 2.45) is 5.73 Å². The number of carbonyl (C=O) groups excluding carboxylic acids is 1. The SMILES string of the molecule is NC[C@H]1CC[C@@H](C(=O)NCC2(c3cccc(Br)c3)CCC2)O1. The smallest absolute Gasteiger partial charge is 0.249 e. The maximum Gasteiger partial charge on any atom is 0.249 e. The van der Waals surface area contributed by atoms with Gasteiger partial charge in [-0.1, -0.05) is 34.5 Å². The standard InChI is InChI=1S/C17H23BrN2O2/c18-13-4-1-3-12(9-13)17(7-2-8-17)11-20-16(21)15-6-5-14(10-19)22-15/h1,3-4,9,14-15H,2,5-8,10-11,19H2,(H,20,21)/t14-,15+/m1/s1.